The number of aryl methyl sites for hydroxylation is 1. The molecule has 0 bridgehead atoms. The van der Waals surface area contributed by atoms with Gasteiger partial charge in [0.2, 0.25) is 0 Å². The van der Waals surface area contributed by atoms with E-state index in [1.807, 2.05) is 30.3 Å². The Morgan fingerprint density at radius 3 is 2.70 bits per heavy atom. The van der Waals surface area contributed by atoms with Crippen molar-refractivity contribution < 1.29 is 9.84 Å². The van der Waals surface area contributed by atoms with Gasteiger partial charge in [0.25, 0.3) is 0 Å². The van der Waals surface area contributed by atoms with Gasteiger partial charge in [-0.15, -0.1) is 0 Å². The summed E-state index contributed by atoms with van der Waals surface area (Å²) in [4.78, 5) is 2.29. The molecule has 1 saturated heterocycles. The predicted molar refractivity (Wildman–Crippen MR) is 92.9 cm³/mol. The molecular formula is C20H25NO2. The minimum absolute atomic E-state index is 0.251. The van der Waals surface area contributed by atoms with E-state index >= 15 is 0 Å². The predicted octanol–water partition coefficient (Wildman–Crippen LogP) is 3.22. The molecule has 2 aromatic rings. The van der Waals surface area contributed by atoms with Gasteiger partial charge in [-0.05, 0) is 37.6 Å². The average molecular weight is 311 g/mol. The van der Waals surface area contributed by atoms with Gasteiger partial charge in [0.15, 0.2) is 0 Å². The van der Waals surface area contributed by atoms with Crippen LogP contribution in [-0.2, 0) is 0 Å². The Balaban J connectivity index is 1.48. The highest BCUT2D eigenvalue weighted by molar-refractivity contribution is 5.27. The minimum atomic E-state index is -0.303. The van der Waals surface area contributed by atoms with Crippen LogP contribution in [0.1, 0.15) is 23.5 Å². The molecule has 2 unspecified atom stereocenters. The molecule has 0 spiro atoms. The van der Waals surface area contributed by atoms with E-state index in [0.29, 0.717) is 6.61 Å². The number of para-hydroxylation sites is 1. The quantitative estimate of drug-likeness (QED) is 0.920. The Bertz CT molecular complexity index is 614. The molecule has 1 aliphatic rings. The van der Waals surface area contributed by atoms with Crippen LogP contribution in [0.4, 0.5) is 0 Å². The Labute approximate surface area is 138 Å². The van der Waals surface area contributed by atoms with E-state index in [0.717, 1.165) is 31.8 Å². The lowest BCUT2D eigenvalue weighted by Crippen LogP contribution is -2.44. The summed E-state index contributed by atoms with van der Waals surface area (Å²) in [5.41, 5.74) is 2.52. The Morgan fingerprint density at radius 2 is 1.96 bits per heavy atom. The fourth-order valence-corrected chi connectivity index (χ4v) is 3.30. The van der Waals surface area contributed by atoms with E-state index < -0.39 is 0 Å². The SMILES string of the molecule is Cc1cccc(C2CCN(CCOc3ccccc3)CC2O)c1. The highest BCUT2D eigenvalue weighted by atomic mass is 16.5. The van der Waals surface area contributed by atoms with Crippen LogP contribution in [0, 0.1) is 6.92 Å². The van der Waals surface area contributed by atoms with Gasteiger partial charge in [-0.3, -0.25) is 4.90 Å². The summed E-state index contributed by atoms with van der Waals surface area (Å²) in [6, 6.07) is 18.4. The Morgan fingerprint density at radius 1 is 1.13 bits per heavy atom. The van der Waals surface area contributed by atoms with E-state index in [4.69, 9.17) is 4.74 Å². The number of benzene rings is 2. The zero-order valence-electron chi connectivity index (χ0n) is 13.7. The number of aliphatic hydroxyl groups is 1. The number of hydrogen-bond acceptors (Lipinski definition) is 3. The topological polar surface area (TPSA) is 32.7 Å². The largest absolute Gasteiger partial charge is 0.492 e. The zero-order chi connectivity index (χ0) is 16.1. The summed E-state index contributed by atoms with van der Waals surface area (Å²) in [7, 11) is 0. The number of nitrogens with zero attached hydrogens (tertiary/aromatic N) is 1. The molecule has 0 radical (unpaired) electrons. The highest BCUT2D eigenvalue weighted by Crippen LogP contribution is 2.28. The maximum absolute atomic E-state index is 10.5. The van der Waals surface area contributed by atoms with Crippen LogP contribution in [0.25, 0.3) is 0 Å². The molecule has 0 amide bonds. The van der Waals surface area contributed by atoms with E-state index in [1.54, 1.807) is 0 Å². The smallest absolute Gasteiger partial charge is 0.119 e. The van der Waals surface area contributed by atoms with E-state index in [1.165, 1.54) is 11.1 Å². The molecule has 23 heavy (non-hydrogen) atoms. The molecule has 3 heteroatoms. The van der Waals surface area contributed by atoms with Gasteiger partial charge in [0.05, 0.1) is 6.10 Å². The van der Waals surface area contributed by atoms with Crippen molar-refractivity contribution in [2.75, 3.05) is 26.2 Å². The first kappa shape index (κ1) is 16.0. The summed E-state index contributed by atoms with van der Waals surface area (Å²) < 4.78 is 5.75. The molecule has 0 aliphatic carbocycles. The summed E-state index contributed by atoms with van der Waals surface area (Å²) in [5, 5.41) is 10.5. The van der Waals surface area contributed by atoms with Crippen LogP contribution in [0.3, 0.4) is 0 Å². The summed E-state index contributed by atoms with van der Waals surface area (Å²) in [5.74, 6) is 1.16. The Hall–Kier alpha value is -1.84. The van der Waals surface area contributed by atoms with Crippen LogP contribution in [0.2, 0.25) is 0 Å². The van der Waals surface area contributed by atoms with E-state index in [9.17, 15) is 5.11 Å². The Kier molecular flexibility index (Phi) is 5.31. The van der Waals surface area contributed by atoms with Crippen molar-refractivity contribution in [2.24, 2.45) is 0 Å². The first-order chi connectivity index (χ1) is 11.2. The van der Waals surface area contributed by atoms with Gasteiger partial charge < -0.3 is 9.84 Å². The molecule has 0 saturated carbocycles. The normalized spacial score (nSPS) is 22.0. The molecule has 1 heterocycles. The van der Waals surface area contributed by atoms with E-state index in [-0.39, 0.29) is 12.0 Å². The third-order valence-corrected chi connectivity index (χ3v) is 4.56. The number of hydrogen-bond donors (Lipinski definition) is 1. The number of β-amino-alcohol motifs (C(OH)–C–C–N with tert-alkyl or cyclic N) is 1. The van der Waals surface area contributed by atoms with Gasteiger partial charge in [0.1, 0.15) is 12.4 Å². The van der Waals surface area contributed by atoms with Gasteiger partial charge in [0, 0.05) is 19.0 Å². The van der Waals surface area contributed by atoms with Crippen molar-refractivity contribution in [3.05, 3.63) is 65.7 Å². The maximum atomic E-state index is 10.5. The van der Waals surface area contributed by atoms with Crippen LogP contribution < -0.4 is 4.74 Å². The minimum Gasteiger partial charge on any atom is -0.492 e. The first-order valence-corrected chi connectivity index (χ1v) is 8.37. The molecule has 1 N–H and O–H groups in total. The molecule has 2 atom stereocenters. The van der Waals surface area contributed by atoms with Crippen LogP contribution in [0.15, 0.2) is 54.6 Å². The van der Waals surface area contributed by atoms with Gasteiger partial charge in [-0.2, -0.15) is 0 Å². The average Bonchev–Trinajstić information content (AvgIpc) is 2.56. The van der Waals surface area contributed by atoms with Crippen LogP contribution in [-0.4, -0.2) is 42.4 Å². The highest BCUT2D eigenvalue weighted by Gasteiger charge is 2.28. The van der Waals surface area contributed by atoms with Gasteiger partial charge in [-0.25, -0.2) is 0 Å². The molecule has 2 aromatic carbocycles. The lowest BCUT2D eigenvalue weighted by atomic mass is 9.86. The molecular weight excluding hydrogens is 286 g/mol. The first-order valence-electron chi connectivity index (χ1n) is 8.37. The van der Waals surface area contributed by atoms with Crippen LogP contribution in [0.5, 0.6) is 5.75 Å². The lowest BCUT2D eigenvalue weighted by Gasteiger charge is -2.36. The van der Waals surface area contributed by atoms with E-state index in [2.05, 4.69) is 36.1 Å². The number of aliphatic hydroxyl groups excluding tert-OH is 1. The third-order valence-electron chi connectivity index (χ3n) is 4.56. The van der Waals surface area contributed by atoms with Crippen LogP contribution >= 0.6 is 0 Å². The van der Waals surface area contributed by atoms with Crippen molar-refractivity contribution in [3.8, 4) is 5.75 Å². The second-order valence-corrected chi connectivity index (χ2v) is 6.34. The number of piperidine rings is 1. The maximum Gasteiger partial charge on any atom is 0.119 e. The number of likely N-dealkylation sites (tertiary alicyclic amines) is 1. The standard InChI is InChI=1S/C20H25NO2/c1-16-6-5-7-17(14-16)19-10-11-21(15-20(19)22)12-13-23-18-8-3-2-4-9-18/h2-9,14,19-20,22H,10-13,15H2,1H3. The second-order valence-electron chi connectivity index (χ2n) is 6.34. The molecule has 122 valence electrons. The van der Waals surface area contributed by atoms with Crippen molar-refractivity contribution in [1.82, 2.24) is 4.90 Å². The van der Waals surface area contributed by atoms with Gasteiger partial charge in [-0.1, -0.05) is 48.0 Å². The fraction of sp³-hybridized carbons (Fsp3) is 0.400. The second kappa shape index (κ2) is 7.62. The van der Waals surface area contributed by atoms with Crippen molar-refractivity contribution in [1.29, 1.82) is 0 Å². The lowest BCUT2D eigenvalue weighted by molar-refractivity contribution is 0.0452. The molecule has 1 fully saturated rings. The zero-order valence-corrected chi connectivity index (χ0v) is 13.7. The molecule has 3 nitrogen and oxygen atoms in total. The number of ether oxygens (including phenoxy) is 1. The van der Waals surface area contributed by atoms with Crippen molar-refractivity contribution in [2.45, 2.75) is 25.4 Å². The van der Waals surface area contributed by atoms with Gasteiger partial charge >= 0.3 is 0 Å². The van der Waals surface area contributed by atoms with Crippen molar-refractivity contribution >= 4 is 0 Å². The summed E-state index contributed by atoms with van der Waals surface area (Å²) >= 11 is 0. The summed E-state index contributed by atoms with van der Waals surface area (Å²) in [6.45, 7) is 5.34. The molecule has 3 rings (SSSR count). The molecule has 0 aromatic heterocycles. The monoisotopic (exact) mass is 311 g/mol. The third kappa shape index (κ3) is 4.34. The fourth-order valence-electron chi connectivity index (χ4n) is 3.30. The van der Waals surface area contributed by atoms with Crippen molar-refractivity contribution in [3.63, 3.8) is 0 Å². The number of rotatable bonds is 5. The molecule has 1 aliphatic heterocycles. The summed E-state index contributed by atoms with van der Waals surface area (Å²) in [6.07, 6.45) is 0.693.